The van der Waals surface area contributed by atoms with Crippen LogP contribution in [0.5, 0.6) is 5.75 Å². The summed E-state index contributed by atoms with van der Waals surface area (Å²) in [7, 11) is 0. The lowest BCUT2D eigenvalue weighted by atomic mass is 10.0. The minimum atomic E-state index is -0.0398. The molecule has 0 bridgehead atoms. The molecule has 0 spiro atoms. The van der Waals surface area contributed by atoms with Gasteiger partial charge in [0, 0.05) is 4.90 Å². The van der Waals surface area contributed by atoms with Gasteiger partial charge in [-0.3, -0.25) is 9.36 Å². The second kappa shape index (κ2) is 10.2. The topological polar surface area (TPSA) is 71.2 Å². The number of aromatic nitrogens is 3. The third-order valence-corrected chi connectivity index (χ3v) is 8.93. The van der Waals surface area contributed by atoms with Crippen molar-refractivity contribution in [2.45, 2.75) is 35.2 Å². The molecule has 4 aromatic rings. The molecule has 1 N–H and O–H groups in total. The number of thioether (sulfide) groups is 2. The van der Waals surface area contributed by atoms with Crippen molar-refractivity contribution >= 4 is 35.1 Å². The quantitative estimate of drug-likeness (QED) is 0.299. The van der Waals surface area contributed by atoms with Crippen LogP contribution in [0.2, 0.25) is 0 Å². The number of carbonyl (C=O) groups excluding carboxylic acids is 1. The van der Waals surface area contributed by atoms with Crippen LogP contribution in [0.15, 0.2) is 101 Å². The van der Waals surface area contributed by atoms with E-state index < -0.39 is 0 Å². The number of rotatable bonds is 5. The Kier molecular flexibility index (Phi) is 6.59. The molecule has 1 aliphatic heterocycles. The molecule has 6 rings (SSSR count). The van der Waals surface area contributed by atoms with Crippen LogP contribution in [-0.2, 0) is 4.79 Å². The fourth-order valence-corrected chi connectivity index (χ4v) is 7.01. The molecule has 0 fully saturated rings. The minimum Gasteiger partial charge on any atom is -0.507 e. The first-order valence-electron chi connectivity index (χ1n) is 12.4. The number of para-hydroxylation sites is 2. The lowest BCUT2D eigenvalue weighted by Gasteiger charge is -2.40. The molecule has 1 aliphatic carbocycles. The van der Waals surface area contributed by atoms with Crippen molar-refractivity contribution in [3.8, 4) is 22.8 Å². The summed E-state index contributed by atoms with van der Waals surface area (Å²) < 4.78 is 1.94. The van der Waals surface area contributed by atoms with Crippen molar-refractivity contribution in [1.82, 2.24) is 14.8 Å². The Hall–Kier alpha value is -3.75. The molecule has 2 aliphatic rings. The number of allylic oxidation sites excluding steroid dienone is 2. The van der Waals surface area contributed by atoms with Gasteiger partial charge in [0.25, 0.3) is 0 Å². The van der Waals surface area contributed by atoms with Crippen LogP contribution in [0.4, 0.5) is 5.69 Å². The van der Waals surface area contributed by atoms with Crippen molar-refractivity contribution < 1.29 is 9.90 Å². The van der Waals surface area contributed by atoms with Gasteiger partial charge in [0.1, 0.15) is 5.75 Å². The zero-order valence-corrected chi connectivity index (χ0v) is 22.6. The molecule has 1 amide bonds. The molecule has 3 aromatic carbocycles. The van der Waals surface area contributed by atoms with Crippen LogP contribution in [0, 0.1) is 13.8 Å². The van der Waals surface area contributed by atoms with Crippen molar-refractivity contribution in [3.05, 3.63) is 102 Å². The maximum atomic E-state index is 13.8. The molecular formula is C30H26N4O2S2. The van der Waals surface area contributed by atoms with Gasteiger partial charge in [-0.2, -0.15) is 0 Å². The Morgan fingerprint density at radius 3 is 2.61 bits per heavy atom. The van der Waals surface area contributed by atoms with Gasteiger partial charge in [-0.05, 0) is 49.7 Å². The molecule has 2 heterocycles. The average molecular weight is 539 g/mol. The van der Waals surface area contributed by atoms with E-state index in [1.165, 1.54) is 11.8 Å². The highest BCUT2D eigenvalue weighted by Crippen LogP contribution is 2.44. The van der Waals surface area contributed by atoms with Crippen LogP contribution < -0.4 is 4.90 Å². The van der Waals surface area contributed by atoms with E-state index in [4.69, 9.17) is 0 Å². The summed E-state index contributed by atoms with van der Waals surface area (Å²) in [6.45, 7) is 4.10. The van der Waals surface area contributed by atoms with E-state index in [9.17, 15) is 9.90 Å². The Bertz CT molecular complexity index is 1590. The highest BCUT2D eigenvalue weighted by atomic mass is 32.2. The number of phenolic OH excluding ortho intramolecular Hbond substituents is 1. The van der Waals surface area contributed by atoms with E-state index in [1.54, 1.807) is 23.9 Å². The first kappa shape index (κ1) is 24.6. The molecule has 0 saturated heterocycles. The molecule has 0 unspecified atom stereocenters. The first-order chi connectivity index (χ1) is 18.5. The summed E-state index contributed by atoms with van der Waals surface area (Å²) in [5, 5.41) is 20.3. The number of aromatic hydroxyl groups is 1. The number of carbonyl (C=O) groups is 1. The van der Waals surface area contributed by atoms with E-state index in [2.05, 4.69) is 41.4 Å². The van der Waals surface area contributed by atoms with Crippen LogP contribution in [-0.4, -0.2) is 42.8 Å². The lowest BCUT2D eigenvalue weighted by molar-refractivity contribution is -0.116. The molecular weight excluding hydrogens is 512 g/mol. The van der Waals surface area contributed by atoms with Crippen molar-refractivity contribution in [2.75, 3.05) is 10.7 Å². The monoisotopic (exact) mass is 538 g/mol. The molecule has 0 saturated carbocycles. The van der Waals surface area contributed by atoms with Crippen LogP contribution >= 0.6 is 23.5 Å². The second-order valence-corrected chi connectivity index (χ2v) is 11.5. The highest BCUT2D eigenvalue weighted by Gasteiger charge is 2.36. The number of fused-ring (bicyclic) bond motifs is 2. The van der Waals surface area contributed by atoms with Crippen molar-refractivity contribution in [1.29, 1.82) is 0 Å². The maximum absolute atomic E-state index is 13.8. The van der Waals surface area contributed by atoms with Crippen LogP contribution in [0.3, 0.4) is 0 Å². The van der Waals surface area contributed by atoms with Gasteiger partial charge in [0.2, 0.25) is 5.91 Å². The van der Waals surface area contributed by atoms with Gasteiger partial charge < -0.3 is 10.0 Å². The van der Waals surface area contributed by atoms with E-state index >= 15 is 0 Å². The fraction of sp³-hybridized carbons (Fsp3) is 0.167. The summed E-state index contributed by atoms with van der Waals surface area (Å²) in [6.07, 6.45) is 8.32. The molecule has 2 atom stereocenters. The van der Waals surface area contributed by atoms with Crippen LogP contribution in [0.1, 0.15) is 11.1 Å². The Morgan fingerprint density at radius 1 is 0.974 bits per heavy atom. The van der Waals surface area contributed by atoms with Gasteiger partial charge in [0.05, 0.1) is 34.0 Å². The third-order valence-electron chi connectivity index (χ3n) is 6.71. The van der Waals surface area contributed by atoms with E-state index in [0.29, 0.717) is 16.5 Å². The number of phenols is 1. The smallest absolute Gasteiger partial charge is 0.238 e. The molecule has 0 radical (unpaired) electrons. The highest BCUT2D eigenvalue weighted by molar-refractivity contribution is 8.00. The largest absolute Gasteiger partial charge is 0.507 e. The molecule has 1 aromatic heterocycles. The predicted octanol–water partition coefficient (Wildman–Crippen LogP) is 6.35. The third kappa shape index (κ3) is 4.44. The van der Waals surface area contributed by atoms with Gasteiger partial charge in [-0.15, -0.1) is 22.0 Å². The van der Waals surface area contributed by atoms with Gasteiger partial charge in [-0.1, -0.05) is 78.0 Å². The van der Waals surface area contributed by atoms with Gasteiger partial charge in [-0.25, -0.2) is 0 Å². The lowest BCUT2D eigenvalue weighted by Crippen LogP contribution is -2.48. The summed E-state index contributed by atoms with van der Waals surface area (Å²) in [5.74, 6) is 0.870. The van der Waals surface area contributed by atoms with Crippen LogP contribution in [0.25, 0.3) is 17.1 Å². The zero-order valence-electron chi connectivity index (χ0n) is 21.0. The first-order valence-corrected chi connectivity index (χ1v) is 14.2. The average Bonchev–Trinajstić information content (AvgIpc) is 3.34. The normalized spacial score (nSPS) is 17.8. The zero-order chi connectivity index (χ0) is 26.2. The fourth-order valence-electron chi connectivity index (χ4n) is 4.95. The van der Waals surface area contributed by atoms with Gasteiger partial charge in [0.15, 0.2) is 11.0 Å². The van der Waals surface area contributed by atoms with E-state index in [0.717, 1.165) is 27.4 Å². The number of amides is 1. The van der Waals surface area contributed by atoms with Crippen molar-refractivity contribution in [2.24, 2.45) is 0 Å². The predicted molar refractivity (Wildman–Crippen MR) is 154 cm³/mol. The Morgan fingerprint density at radius 2 is 1.76 bits per heavy atom. The SMILES string of the molecule is Cc1ccc(-n2c(SCC(=O)N3c4ccccc4S[C@H]4C=CC=C[C@@H]43)nnc2-c2ccccc2O)c(C)c1. The molecule has 8 heteroatoms. The standard InChI is InChI=1S/C30H26N4O2S2/c1-19-15-16-22(20(2)17-19)34-29(21-9-3-6-12-25(21)35)31-32-30(34)37-18-28(36)33-23-10-4-7-13-26(23)38-27-14-8-5-11-24(27)33/h3-17,23,26,35H,18H2,1-2H3/t23-,26-/m0/s1. The number of hydrogen-bond donors (Lipinski definition) is 1. The molecule has 190 valence electrons. The number of anilines is 1. The number of benzene rings is 3. The number of nitrogens with zero attached hydrogens (tertiary/aromatic N) is 4. The van der Waals surface area contributed by atoms with E-state index in [1.807, 2.05) is 71.0 Å². The maximum Gasteiger partial charge on any atom is 0.238 e. The molecule has 6 nitrogen and oxygen atoms in total. The second-order valence-electron chi connectivity index (χ2n) is 9.31. The Balaban J connectivity index is 1.36. The van der Waals surface area contributed by atoms with E-state index in [-0.39, 0.29) is 28.7 Å². The number of aryl methyl sites for hydroxylation is 2. The number of hydrogen-bond acceptors (Lipinski definition) is 6. The molecule has 38 heavy (non-hydrogen) atoms. The minimum absolute atomic E-state index is 0.0111. The summed E-state index contributed by atoms with van der Waals surface area (Å²) in [5.41, 5.74) is 4.64. The summed E-state index contributed by atoms with van der Waals surface area (Å²) >= 11 is 3.15. The van der Waals surface area contributed by atoms with Gasteiger partial charge >= 0.3 is 0 Å². The Labute approximate surface area is 230 Å². The van der Waals surface area contributed by atoms with Crippen molar-refractivity contribution in [3.63, 3.8) is 0 Å². The summed E-state index contributed by atoms with van der Waals surface area (Å²) in [6, 6.07) is 21.3. The summed E-state index contributed by atoms with van der Waals surface area (Å²) in [4.78, 5) is 16.8.